The van der Waals surface area contributed by atoms with E-state index in [1.807, 2.05) is 13.0 Å². The van der Waals surface area contributed by atoms with Crippen molar-refractivity contribution in [2.45, 2.75) is 52.5 Å². The lowest BCUT2D eigenvalue weighted by atomic mass is 9.99. The van der Waals surface area contributed by atoms with E-state index in [9.17, 15) is 4.79 Å². The summed E-state index contributed by atoms with van der Waals surface area (Å²) < 4.78 is 0. The van der Waals surface area contributed by atoms with E-state index in [0.29, 0.717) is 0 Å². The Morgan fingerprint density at radius 1 is 1.38 bits per heavy atom. The fourth-order valence-electron chi connectivity index (χ4n) is 3.03. The van der Waals surface area contributed by atoms with E-state index >= 15 is 0 Å². The van der Waals surface area contributed by atoms with Crippen LogP contribution in [0.25, 0.3) is 10.9 Å². The van der Waals surface area contributed by atoms with E-state index in [1.54, 1.807) is 0 Å². The van der Waals surface area contributed by atoms with Crippen LogP contribution in [-0.2, 0) is 12.8 Å². The van der Waals surface area contributed by atoms with Gasteiger partial charge in [-0.1, -0.05) is 18.6 Å². The Labute approximate surface area is 125 Å². The molecule has 1 aliphatic carbocycles. The molecular weight excluding hydrogens is 260 g/mol. The van der Waals surface area contributed by atoms with Crippen LogP contribution in [0.3, 0.4) is 0 Å². The normalized spacial score (nSPS) is 15.0. The van der Waals surface area contributed by atoms with Crippen LogP contribution in [0.2, 0.25) is 0 Å². The molecule has 21 heavy (non-hydrogen) atoms. The first-order valence-corrected chi connectivity index (χ1v) is 7.83. The van der Waals surface area contributed by atoms with Crippen LogP contribution in [0.5, 0.6) is 0 Å². The lowest BCUT2D eigenvalue weighted by Crippen LogP contribution is -2.32. The fourth-order valence-corrected chi connectivity index (χ4v) is 3.03. The summed E-state index contributed by atoms with van der Waals surface area (Å²) in [6.07, 6.45) is 4.00. The molecule has 0 saturated heterocycles. The van der Waals surface area contributed by atoms with Crippen LogP contribution >= 0.6 is 0 Å². The number of carbonyl (C=O) groups excluding carboxylic acids is 1. The molecule has 1 heterocycles. The Morgan fingerprint density at radius 2 is 2.19 bits per heavy atom. The van der Waals surface area contributed by atoms with Gasteiger partial charge in [0, 0.05) is 17.1 Å². The summed E-state index contributed by atoms with van der Waals surface area (Å²) in [6.45, 7) is 6.19. The van der Waals surface area contributed by atoms with Crippen molar-refractivity contribution < 1.29 is 4.79 Å². The number of carbonyl (C=O) groups is 1. The highest BCUT2D eigenvalue weighted by Gasteiger charge is 2.24. The Balaban J connectivity index is 2.18. The number of rotatable bonds is 3. The molecule has 0 unspecified atom stereocenters. The third-order valence-electron chi connectivity index (χ3n) is 4.38. The number of nitrogens with one attached hydrogen (secondary N) is 1. The molecule has 1 aromatic carbocycles. The zero-order chi connectivity index (χ0) is 15.0. The molecule has 3 nitrogen and oxygen atoms in total. The van der Waals surface area contributed by atoms with E-state index < -0.39 is 0 Å². The monoisotopic (exact) mass is 282 g/mol. The van der Waals surface area contributed by atoms with Crippen LogP contribution in [-0.4, -0.2) is 16.9 Å². The Morgan fingerprint density at radius 3 is 2.95 bits per heavy atom. The average molecular weight is 282 g/mol. The summed E-state index contributed by atoms with van der Waals surface area (Å²) in [5.74, 6) is 0.0560. The van der Waals surface area contributed by atoms with Gasteiger partial charge in [-0.05, 0) is 57.2 Å². The summed E-state index contributed by atoms with van der Waals surface area (Å²) in [5.41, 5.74) is 5.24. The van der Waals surface area contributed by atoms with Crippen molar-refractivity contribution in [1.29, 1.82) is 0 Å². The van der Waals surface area contributed by atoms with Gasteiger partial charge in [-0.25, -0.2) is 0 Å². The smallest absolute Gasteiger partial charge is 0.252 e. The van der Waals surface area contributed by atoms with Crippen molar-refractivity contribution in [2.24, 2.45) is 0 Å². The number of pyridine rings is 1. The van der Waals surface area contributed by atoms with Crippen molar-refractivity contribution in [3.63, 3.8) is 0 Å². The van der Waals surface area contributed by atoms with Crippen LogP contribution in [0, 0.1) is 6.92 Å². The first-order valence-electron chi connectivity index (χ1n) is 7.83. The second-order valence-electron chi connectivity index (χ2n) is 6.07. The summed E-state index contributed by atoms with van der Waals surface area (Å²) >= 11 is 0. The molecule has 1 aliphatic rings. The van der Waals surface area contributed by atoms with Gasteiger partial charge in [-0.3, -0.25) is 9.78 Å². The maximum absolute atomic E-state index is 12.8. The Hall–Kier alpha value is -1.90. The molecule has 0 aliphatic heterocycles. The van der Waals surface area contributed by atoms with Gasteiger partial charge in [0.1, 0.15) is 0 Å². The second kappa shape index (κ2) is 5.47. The summed E-state index contributed by atoms with van der Waals surface area (Å²) in [5, 5.41) is 4.12. The van der Waals surface area contributed by atoms with Crippen LogP contribution < -0.4 is 5.32 Å². The molecule has 1 amide bonds. The van der Waals surface area contributed by atoms with Gasteiger partial charge in [0.2, 0.25) is 0 Å². The van der Waals surface area contributed by atoms with Crippen molar-refractivity contribution in [3.05, 3.63) is 40.6 Å². The number of amides is 1. The molecule has 3 rings (SSSR count). The molecule has 0 spiro atoms. The zero-order valence-electron chi connectivity index (χ0n) is 13.0. The number of hydrogen-bond donors (Lipinski definition) is 1. The molecule has 1 N–H and O–H groups in total. The van der Waals surface area contributed by atoms with Crippen molar-refractivity contribution >= 4 is 16.8 Å². The topological polar surface area (TPSA) is 42.0 Å². The highest BCUT2D eigenvalue weighted by molar-refractivity contribution is 6.08. The predicted octanol–water partition coefficient (Wildman–Crippen LogP) is 3.56. The molecule has 2 aromatic rings. The molecule has 110 valence electrons. The SMILES string of the molecule is CC[C@@H](C)NC(=O)c1c2c(nc3ccc(C)cc13)CCC2. The maximum atomic E-state index is 12.8. The molecule has 1 aromatic heterocycles. The minimum Gasteiger partial charge on any atom is -0.350 e. The number of benzene rings is 1. The van der Waals surface area contributed by atoms with Gasteiger partial charge in [0.15, 0.2) is 0 Å². The number of hydrogen-bond acceptors (Lipinski definition) is 2. The molecule has 0 fully saturated rings. The van der Waals surface area contributed by atoms with Crippen molar-refractivity contribution in [3.8, 4) is 0 Å². The van der Waals surface area contributed by atoms with Gasteiger partial charge in [0.05, 0.1) is 11.1 Å². The summed E-state index contributed by atoms with van der Waals surface area (Å²) in [4.78, 5) is 17.5. The lowest BCUT2D eigenvalue weighted by Gasteiger charge is -2.16. The minimum absolute atomic E-state index is 0.0560. The van der Waals surface area contributed by atoms with Crippen molar-refractivity contribution in [2.75, 3.05) is 0 Å². The third-order valence-corrected chi connectivity index (χ3v) is 4.38. The summed E-state index contributed by atoms with van der Waals surface area (Å²) in [7, 11) is 0. The quantitative estimate of drug-likeness (QED) is 0.935. The van der Waals surface area contributed by atoms with Crippen molar-refractivity contribution in [1.82, 2.24) is 10.3 Å². The van der Waals surface area contributed by atoms with Gasteiger partial charge in [0.25, 0.3) is 5.91 Å². The second-order valence-corrected chi connectivity index (χ2v) is 6.07. The third kappa shape index (κ3) is 2.53. The Kier molecular flexibility index (Phi) is 3.66. The maximum Gasteiger partial charge on any atom is 0.252 e. The van der Waals surface area contributed by atoms with E-state index in [-0.39, 0.29) is 11.9 Å². The van der Waals surface area contributed by atoms with E-state index in [2.05, 4.69) is 31.3 Å². The van der Waals surface area contributed by atoms with E-state index in [4.69, 9.17) is 4.98 Å². The average Bonchev–Trinajstić information content (AvgIpc) is 2.92. The first-order chi connectivity index (χ1) is 10.1. The lowest BCUT2D eigenvalue weighted by molar-refractivity contribution is 0.0940. The van der Waals surface area contributed by atoms with E-state index in [0.717, 1.165) is 53.4 Å². The van der Waals surface area contributed by atoms with Gasteiger partial charge < -0.3 is 5.32 Å². The first kappa shape index (κ1) is 14.1. The van der Waals surface area contributed by atoms with Crippen LogP contribution in [0.15, 0.2) is 18.2 Å². The highest BCUT2D eigenvalue weighted by atomic mass is 16.1. The molecule has 0 bridgehead atoms. The fraction of sp³-hybridized carbons (Fsp3) is 0.444. The summed E-state index contributed by atoms with van der Waals surface area (Å²) in [6, 6.07) is 6.38. The van der Waals surface area contributed by atoms with Crippen LogP contribution in [0.1, 0.15) is 53.9 Å². The standard InChI is InChI=1S/C18H22N2O/c1-4-12(3)19-18(21)17-13-6-5-7-15(13)20-16-9-8-11(2)10-14(16)17/h8-10,12H,4-7H2,1-3H3,(H,19,21)/t12-/m1/s1. The number of fused-ring (bicyclic) bond motifs is 2. The van der Waals surface area contributed by atoms with Gasteiger partial charge in [-0.2, -0.15) is 0 Å². The van der Waals surface area contributed by atoms with Gasteiger partial charge >= 0.3 is 0 Å². The van der Waals surface area contributed by atoms with Crippen LogP contribution in [0.4, 0.5) is 0 Å². The molecule has 0 radical (unpaired) electrons. The van der Waals surface area contributed by atoms with E-state index in [1.165, 1.54) is 5.56 Å². The number of nitrogens with zero attached hydrogens (tertiary/aromatic N) is 1. The largest absolute Gasteiger partial charge is 0.350 e. The zero-order valence-corrected chi connectivity index (χ0v) is 13.0. The predicted molar refractivity (Wildman–Crippen MR) is 85.7 cm³/mol. The Bertz CT molecular complexity index is 706. The number of aromatic nitrogens is 1. The molecule has 0 saturated carbocycles. The highest BCUT2D eigenvalue weighted by Crippen LogP contribution is 2.30. The molecular formula is C18H22N2O. The molecule has 3 heteroatoms. The minimum atomic E-state index is 0.0560. The van der Waals surface area contributed by atoms with Gasteiger partial charge in [-0.15, -0.1) is 0 Å². The number of aryl methyl sites for hydroxylation is 2. The molecule has 1 atom stereocenters.